The summed E-state index contributed by atoms with van der Waals surface area (Å²) in [5.74, 6) is 0.234. The Kier molecular flexibility index (Phi) is 9.44. The zero-order valence-corrected chi connectivity index (χ0v) is 8.67. The molecule has 0 fully saturated rings. The van der Waals surface area contributed by atoms with Gasteiger partial charge in [0.1, 0.15) is 6.29 Å². The minimum Gasteiger partial charge on any atom is -0.396 e. The molecule has 0 amide bonds. The van der Waals surface area contributed by atoms with E-state index in [9.17, 15) is 4.79 Å². The molecule has 0 heterocycles. The van der Waals surface area contributed by atoms with Gasteiger partial charge in [0.05, 0.1) is 0 Å². The van der Waals surface area contributed by atoms with Crippen molar-refractivity contribution in [2.75, 3.05) is 6.61 Å². The molecule has 0 aliphatic carbocycles. The third-order valence-corrected chi connectivity index (χ3v) is 2.35. The highest BCUT2D eigenvalue weighted by molar-refractivity contribution is 5.53. The van der Waals surface area contributed by atoms with E-state index in [2.05, 4.69) is 6.92 Å². The number of carbonyl (C=O) groups excluding carboxylic acids is 1. The van der Waals surface area contributed by atoms with Crippen LogP contribution in [-0.4, -0.2) is 18.0 Å². The van der Waals surface area contributed by atoms with Gasteiger partial charge in [0.25, 0.3) is 0 Å². The van der Waals surface area contributed by atoms with Gasteiger partial charge >= 0.3 is 0 Å². The molecule has 0 rings (SSSR count). The van der Waals surface area contributed by atoms with Crippen LogP contribution in [0.2, 0.25) is 0 Å². The molecule has 1 N–H and O–H groups in total. The van der Waals surface area contributed by atoms with Gasteiger partial charge in [-0.25, -0.2) is 0 Å². The average molecular weight is 186 g/mol. The number of unbranched alkanes of at least 4 members (excludes halogenated alkanes) is 3. The molecular formula is C11H22O2. The van der Waals surface area contributed by atoms with E-state index >= 15 is 0 Å². The number of hydrogen-bond donors (Lipinski definition) is 1. The second kappa shape index (κ2) is 9.72. The van der Waals surface area contributed by atoms with Gasteiger partial charge in [0.2, 0.25) is 0 Å². The Morgan fingerprint density at radius 3 is 2.23 bits per heavy atom. The maximum absolute atomic E-state index is 10.6. The first-order chi connectivity index (χ1) is 6.35. The number of hydrogen-bond acceptors (Lipinski definition) is 2. The smallest absolute Gasteiger partial charge is 0.123 e. The predicted octanol–water partition coefficient (Wildman–Crippen LogP) is 2.54. The summed E-state index contributed by atoms with van der Waals surface area (Å²) < 4.78 is 0. The van der Waals surface area contributed by atoms with Crippen LogP contribution >= 0.6 is 0 Å². The number of carbonyl (C=O) groups is 1. The summed E-state index contributed by atoms with van der Waals surface area (Å²) in [4.78, 5) is 10.6. The van der Waals surface area contributed by atoms with Gasteiger partial charge in [-0.2, -0.15) is 0 Å². The first kappa shape index (κ1) is 12.6. The summed E-state index contributed by atoms with van der Waals surface area (Å²) in [6.07, 6.45) is 8.47. The van der Waals surface area contributed by atoms with E-state index in [1.165, 1.54) is 19.3 Å². The van der Waals surface area contributed by atoms with Crippen LogP contribution in [0, 0.1) is 5.92 Å². The van der Waals surface area contributed by atoms with Gasteiger partial charge in [0, 0.05) is 12.5 Å². The van der Waals surface area contributed by atoms with Crippen molar-refractivity contribution < 1.29 is 9.90 Å². The fourth-order valence-corrected chi connectivity index (χ4v) is 1.46. The van der Waals surface area contributed by atoms with Crippen LogP contribution in [0.15, 0.2) is 0 Å². The van der Waals surface area contributed by atoms with E-state index in [1.807, 2.05) is 0 Å². The number of aliphatic hydroxyl groups is 1. The molecule has 1 unspecified atom stereocenters. The highest BCUT2D eigenvalue weighted by atomic mass is 16.2. The Hall–Kier alpha value is -0.370. The molecule has 2 heteroatoms. The van der Waals surface area contributed by atoms with E-state index in [0.717, 1.165) is 32.0 Å². The van der Waals surface area contributed by atoms with Crippen molar-refractivity contribution in [1.82, 2.24) is 0 Å². The van der Waals surface area contributed by atoms with Crippen molar-refractivity contribution in [3.8, 4) is 0 Å². The second-order valence-corrected chi connectivity index (χ2v) is 3.61. The molecule has 78 valence electrons. The lowest BCUT2D eigenvalue weighted by Crippen LogP contribution is -2.02. The molecule has 0 aromatic heterocycles. The molecule has 0 spiro atoms. The first-order valence-corrected chi connectivity index (χ1v) is 5.41. The van der Waals surface area contributed by atoms with Crippen LogP contribution in [0.25, 0.3) is 0 Å². The molecule has 0 saturated heterocycles. The van der Waals surface area contributed by atoms with E-state index in [4.69, 9.17) is 5.11 Å². The standard InChI is InChI=1S/C11H22O2/c1-2-3-4-7-11(10-13)8-5-6-9-12/h10-12H,2-9H2,1H3. The number of aldehydes is 1. The van der Waals surface area contributed by atoms with Gasteiger partial charge in [-0.05, 0) is 19.3 Å². The molecule has 0 aliphatic heterocycles. The third-order valence-electron chi connectivity index (χ3n) is 2.35. The van der Waals surface area contributed by atoms with E-state index in [-0.39, 0.29) is 12.5 Å². The third kappa shape index (κ3) is 7.97. The topological polar surface area (TPSA) is 37.3 Å². The highest BCUT2D eigenvalue weighted by Gasteiger charge is 2.05. The lowest BCUT2D eigenvalue weighted by Gasteiger charge is -2.08. The summed E-state index contributed by atoms with van der Waals surface area (Å²) in [6, 6.07) is 0. The zero-order chi connectivity index (χ0) is 9.94. The Bertz CT molecular complexity index is 103. The normalized spacial score (nSPS) is 12.8. The lowest BCUT2D eigenvalue weighted by molar-refractivity contribution is -0.111. The Balaban J connectivity index is 3.34. The van der Waals surface area contributed by atoms with Gasteiger partial charge in [-0.3, -0.25) is 0 Å². The number of rotatable bonds is 9. The monoisotopic (exact) mass is 186 g/mol. The molecule has 0 aromatic carbocycles. The first-order valence-electron chi connectivity index (χ1n) is 5.41. The van der Waals surface area contributed by atoms with Crippen LogP contribution < -0.4 is 0 Å². The highest BCUT2D eigenvalue weighted by Crippen LogP contribution is 2.14. The van der Waals surface area contributed by atoms with E-state index in [1.54, 1.807) is 0 Å². The Labute approximate surface area is 81.3 Å². The zero-order valence-electron chi connectivity index (χ0n) is 8.67. The predicted molar refractivity (Wildman–Crippen MR) is 54.6 cm³/mol. The summed E-state index contributed by atoms with van der Waals surface area (Å²) in [5.41, 5.74) is 0. The van der Waals surface area contributed by atoms with Crippen molar-refractivity contribution in [1.29, 1.82) is 0 Å². The van der Waals surface area contributed by atoms with Gasteiger partial charge in [-0.1, -0.05) is 32.6 Å². The minimum absolute atomic E-state index is 0.234. The van der Waals surface area contributed by atoms with Crippen molar-refractivity contribution in [3.63, 3.8) is 0 Å². The molecule has 2 nitrogen and oxygen atoms in total. The lowest BCUT2D eigenvalue weighted by atomic mass is 9.97. The molecule has 0 aromatic rings. The minimum atomic E-state index is 0.234. The van der Waals surface area contributed by atoms with Crippen LogP contribution in [-0.2, 0) is 4.79 Å². The summed E-state index contributed by atoms with van der Waals surface area (Å²) in [5, 5.41) is 8.58. The van der Waals surface area contributed by atoms with E-state index < -0.39 is 0 Å². The summed E-state index contributed by atoms with van der Waals surface area (Å²) in [6.45, 7) is 2.42. The van der Waals surface area contributed by atoms with Crippen LogP contribution in [0.4, 0.5) is 0 Å². The van der Waals surface area contributed by atoms with Crippen LogP contribution in [0.5, 0.6) is 0 Å². The maximum Gasteiger partial charge on any atom is 0.123 e. The van der Waals surface area contributed by atoms with E-state index in [0.29, 0.717) is 0 Å². The van der Waals surface area contributed by atoms with Crippen molar-refractivity contribution in [2.24, 2.45) is 5.92 Å². The van der Waals surface area contributed by atoms with Gasteiger partial charge in [0.15, 0.2) is 0 Å². The summed E-state index contributed by atoms with van der Waals surface area (Å²) >= 11 is 0. The SMILES string of the molecule is CCCCCC(C=O)CCCCO. The van der Waals surface area contributed by atoms with Gasteiger partial charge in [-0.15, -0.1) is 0 Å². The quantitative estimate of drug-likeness (QED) is 0.444. The van der Waals surface area contributed by atoms with Crippen LogP contribution in [0.3, 0.4) is 0 Å². The molecule has 0 aliphatic rings. The fraction of sp³-hybridized carbons (Fsp3) is 0.909. The molecule has 0 saturated carbocycles. The van der Waals surface area contributed by atoms with Crippen molar-refractivity contribution in [2.45, 2.75) is 51.9 Å². The molecular weight excluding hydrogens is 164 g/mol. The van der Waals surface area contributed by atoms with Crippen molar-refractivity contribution in [3.05, 3.63) is 0 Å². The maximum atomic E-state index is 10.6. The fourth-order valence-electron chi connectivity index (χ4n) is 1.46. The summed E-state index contributed by atoms with van der Waals surface area (Å²) in [7, 11) is 0. The van der Waals surface area contributed by atoms with Crippen molar-refractivity contribution >= 4 is 6.29 Å². The molecule has 13 heavy (non-hydrogen) atoms. The molecule has 1 atom stereocenters. The average Bonchev–Trinajstić information content (AvgIpc) is 2.16. The Morgan fingerprint density at radius 1 is 1.15 bits per heavy atom. The largest absolute Gasteiger partial charge is 0.396 e. The van der Waals surface area contributed by atoms with Gasteiger partial charge < -0.3 is 9.90 Å². The number of aliphatic hydroxyl groups excluding tert-OH is 1. The van der Waals surface area contributed by atoms with Crippen LogP contribution in [0.1, 0.15) is 51.9 Å². The molecule has 0 radical (unpaired) electrons. The second-order valence-electron chi connectivity index (χ2n) is 3.61. The molecule has 0 bridgehead atoms. The Morgan fingerprint density at radius 2 is 1.77 bits per heavy atom.